The molecule has 0 radical (unpaired) electrons. The molecule has 2 N–H and O–H groups in total. The van der Waals surface area contributed by atoms with Crippen LogP contribution in [-0.4, -0.2) is 16.0 Å². The van der Waals surface area contributed by atoms with Gasteiger partial charge in [-0.1, -0.05) is 22.0 Å². The SMILES string of the molecule is Cc1nc(Sc2ccc(CC(C)N)c(Br)c2)nc(C)c1C. The number of nitrogens with zero attached hydrogens (tertiary/aromatic N) is 2. The second-order valence-electron chi connectivity index (χ2n) is 5.34. The van der Waals surface area contributed by atoms with Crippen molar-refractivity contribution < 1.29 is 0 Å². The number of hydrogen-bond acceptors (Lipinski definition) is 4. The van der Waals surface area contributed by atoms with E-state index in [9.17, 15) is 0 Å². The zero-order valence-corrected chi connectivity index (χ0v) is 15.2. The maximum atomic E-state index is 5.86. The Morgan fingerprint density at radius 2 is 1.81 bits per heavy atom. The Morgan fingerprint density at radius 1 is 1.19 bits per heavy atom. The van der Waals surface area contributed by atoms with Gasteiger partial charge in [0.05, 0.1) is 0 Å². The number of aromatic nitrogens is 2. The maximum Gasteiger partial charge on any atom is 0.192 e. The molecule has 0 spiro atoms. The summed E-state index contributed by atoms with van der Waals surface area (Å²) in [5.74, 6) is 0. The van der Waals surface area contributed by atoms with Gasteiger partial charge in [0.2, 0.25) is 0 Å². The fraction of sp³-hybridized carbons (Fsp3) is 0.375. The molecule has 1 aromatic carbocycles. The summed E-state index contributed by atoms with van der Waals surface area (Å²) in [6.07, 6.45) is 0.866. The number of rotatable bonds is 4. The highest BCUT2D eigenvalue weighted by Crippen LogP contribution is 2.30. The molecule has 0 fully saturated rings. The zero-order valence-electron chi connectivity index (χ0n) is 12.8. The Kier molecular flexibility index (Phi) is 5.41. The van der Waals surface area contributed by atoms with Gasteiger partial charge in [-0.2, -0.15) is 0 Å². The van der Waals surface area contributed by atoms with Crippen molar-refractivity contribution in [3.8, 4) is 0 Å². The van der Waals surface area contributed by atoms with Crippen LogP contribution in [0, 0.1) is 20.8 Å². The van der Waals surface area contributed by atoms with Crippen molar-refractivity contribution in [1.82, 2.24) is 9.97 Å². The van der Waals surface area contributed by atoms with Gasteiger partial charge in [0.1, 0.15) is 0 Å². The first kappa shape index (κ1) is 16.5. The monoisotopic (exact) mass is 365 g/mol. The predicted molar refractivity (Wildman–Crippen MR) is 91.9 cm³/mol. The Morgan fingerprint density at radius 3 is 2.33 bits per heavy atom. The molecule has 0 amide bonds. The van der Waals surface area contributed by atoms with E-state index in [4.69, 9.17) is 5.73 Å². The maximum absolute atomic E-state index is 5.86. The molecule has 2 rings (SSSR count). The molecular formula is C16H20BrN3S. The lowest BCUT2D eigenvalue weighted by molar-refractivity contribution is 0.735. The van der Waals surface area contributed by atoms with E-state index in [-0.39, 0.29) is 6.04 Å². The Bertz CT molecular complexity index is 633. The van der Waals surface area contributed by atoms with E-state index in [2.05, 4.69) is 51.0 Å². The Hall–Kier alpha value is -0.910. The van der Waals surface area contributed by atoms with Gasteiger partial charge in [-0.25, -0.2) is 9.97 Å². The topological polar surface area (TPSA) is 51.8 Å². The first-order chi connectivity index (χ1) is 9.86. The number of benzene rings is 1. The summed E-state index contributed by atoms with van der Waals surface area (Å²) in [7, 11) is 0. The van der Waals surface area contributed by atoms with Crippen LogP contribution >= 0.6 is 27.7 Å². The van der Waals surface area contributed by atoms with Crippen LogP contribution in [0.1, 0.15) is 29.4 Å². The predicted octanol–water partition coefficient (Wildman–Crippen LogP) is 4.21. The van der Waals surface area contributed by atoms with Gasteiger partial charge in [0.25, 0.3) is 0 Å². The average Bonchev–Trinajstić information content (AvgIpc) is 2.39. The average molecular weight is 366 g/mol. The molecule has 21 heavy (non-hydrogen) atoms. The van der Waals surface area contributed by atoms with Crippen molar-refractivity contribution in [3.05, 3.63) is 45.2 Å². The van der Waals surface area contributed by atoms with Gasteiger partial charge in [-0.15, -0.1) is 0 Å². The quantitative estimate of drug-likeness (QED) is 0.824. The molecule has 0 aliphatic heterocycles. The van der Waals surface area contributed by atoms with Gasteiger partial charge in [0.15, 0.2) is 5.16 Å². The molecule has 0 saturated carbocycles. The Labute approximate surface area is 138 Å². The van der Waals surface area contributed by atoms with Crippen molar-refractivity contribution in [2.45, 2.75) is 50.2 Å². The summed E-state index contributed by atoms with van der Waals surface area (Å²) in [4.78, 5) is 10.2. The minimum Gasteiger partial charge on any atom is -0.328 e. The van der Waals surface area contributed by atoms with E-state index in [1.54, 1.807) is 11.8 Å². The van der Waals surface area contributed by atoms with Crippen LogP contribution in [-0.2, 0) is 6.42 Å². The lowest BCUT2D eigenvalue weighted by atomic mass is 10.1. The first-order valence-corrected chi connectivity index (χ1v) is 8.51. The van der Waals surface area contributed by atoms with E-state index in [0.29, 0.717) is 0 Å². The molecular weight excluding hydrogens is 346 g/mol. The second-order valence-corrected chi connectivity index (χ2v) is 7.23. The highest BCUT2D eigenvalue weighted by atomic mass is 79.9. The van der Waals surface area contributed by atoms with Gasteiger partial charge < -0.3 is 5.73 Å². The van der Waals surface area contributed by atoms with E-state index in [0.717, 1.165) is 37.9 Å². The first-order valence-electron chi connectivity index (χ1n) is 6.90. The van der Waals surface area contributed by atoms with Crippen molar-refractivity contribution in [2.24, 2.45) is 5.73 Å². The molecule has 0 aliphatic carbocycles. The van der Waals surface area contributed by atoms with Crippen LogP contribution in [0.25, 0.3) is 0 Å². The molecule has 1 unspecified atom stereocenters. The number of nitrogens with two attached hydrogens (primary N) is 1. The fourth-order valence-corrected chi connectivity index (χ4v) is 3.58. The van der Waals surface area contributed by atoms with Crippen LogP contribution in [0.4, 0.5) is 0 Å². The molecule has 5 heteroatoms. The fourth-order valence-electron chi connectivity index (χ4n) is 2.00. The molecule has 0 saturated heterocycles. The summed E-state index contributed by atoms with van der Waals surface area (Å²) < 4.78 is 1.09. The van der Waals surface area contributed by atoms with E-state index in [1.807, 2.05) is 20.8 Å². The lowest BCUT2D eigenvalue weighted by Crippen LogP contribution is -2.17. The van der Waals surface area contributed by atoms with E-state index in [1.165, 1.54) is 5.56 Å². The van der Waals surface area contributed by atoms with Gasteiger partial charge in [-0.3, -0.25) is 0 Å². The minimum absolute atomic E-state index is 0.158. The van der Waals surface area contributed by atoms with E-state index >= 15 is 0 Å². The van der Waals surface area contributed by atoms with Gasteiger partial charge >= 0.3 is 0 Å². The molecule has 3 nitrogen and oxygen atoms in total. The summed E-state index contributed by atoms with van der Waals surface area (Å²) in [5.41, 5.74) is 10.3. The Balaban J connectivity index is 2.22. The number of halogens is 1. The minimum atomic E-state index is 0.158. The summed E-state index contributed by atoms with van der Waals surface area (Å²) in [5, 5.41) is 0.794. The van der Waals surface area contributed by atoms with Crippen LogP contribution in [0.2, 0.25) is 0 Å². The zero-order chi connectivity index (χ0) is 15.6. The highest BCUT2D eigenvalue weighted by Gasteiger charge is 2.09. The molecule has 1 atom stereocenters. The van der Waals surface area contributed by atoms with Crippen molar-refractivity contribution in [1.29, 1.82) is 0 Å². The molecule has 1 heterocycles. The normalized spacial score (nSPS) is 12.5. The van der Waals surface area contributed by atoms with E-state index < -0.39 is 0 Å². The van der Waals surface area contributed by atoms with Crippen LogP contribution < -0.4 is 5.73 Å². The third kappa shape index (κ3) is 4.28. The second kappa shape index (κ2) is 6.90. The number of hydrogen-bond donors (Lipinski definition) is 1. The van der Waals surface area contributed by atoms with Gasteiger partial charge in [-0.05, 0) is 69.1 Å². The van der Waals surface area contributed by atoms with Crippen molar-refractivity contribution in [2.75, 3.05) is 0 Å². The van der Waals surface area contributed by atoms with Crippen LogP contribution in [0.3, 0.4) is 0 Å². The standard InChI is InChI=1S/C16H20BrN3S/c1-9(18)7-13-5-6-14(8-15(13)17)21-16-19-11(3)10(2)12(4)20-16/h5-6,8-9H,7,18H2,1-4H3. The number of aryl methyl sites for hydroxylation is 2. The largest absolute Gasteiger partial charge is 0.328 e. The summed E-state index contributed by atoms with van der Waals surface area (Å²) in [6, 6.07) is 6.48. The molecule has 0 aliphatic rings. The van der Waals surface area contributed by atoms with Crippen molar-refractivity contribution in [3.63, 3.8) is 0 Å². The lowest BCUT2D eigenvalue weighted by Gasteiger charge is -2.10. The smallest absolute Gasteiger partial charge is 0.192 e. The molecule has 112 valence electrons. The van der Waals surface area contributed by atoms with Crippen LogP contribution in [0.5, 0.6) is 0 Å². The molecule has 2 aromatic rings. The third-order valence-corrected chi connectivity index (χ3v) is 4.98. The molecule has 1 aromatic heterocycles. The summed E-state index contributed by atoms with van der Waals surface area (Å²) >= 11 is 5.20. The third-order valence-electron chi connectivity index (χ3n) is 3.39. The van der Waals surface area contributed by atoms with Crippen molar-refractivity contribution >= 4 is 27.7 Å². The highest BCUT2D eigenvalue weighted by molar-refractivity contribution is 9.10. The molecule has 0 bridgehead atoms. The van der Waals surface area contributed by atoms with Gasteiger partial charge in [0, 0.05) is 26.8 Å². The summed E-state index contributed by atoms with van der Waals surface area (Å²) in [6.45, 7) is 8.12. The van der Waals surface area contributed by atoms with Crippen LogP contribution in [0.15, 0.2) is 32.7 Å².